The molecule has 1 aliphatic heterocycles. The highest BCUT2D eigenvalue weighted by Crippen LogP contribution is 2.39. The molecule has 0 aliphatic carbocycles. The Hall–Kier alpha value is -2.14. The Morgan fingerprint density at radius 2 is 1.76 bits per heavy atom. The van der Waals surface area contributed by atoms with Gasteiger partial charge in [-0.25, -0.2) is 8.78 Å². The van der Waals surface area contributed by atoms with Crippen LogP contribution in [-0.2, 0) is 0 Å². The zero-order chi connectivity index (χ0) is 15.0. The van der Waals surface area contributed by atoms with Gasteiger partial charge in [0.05, 0.1) is 0 Å². The number of aliphatic hydroxyl groups is 1. The second-order valence-electron chi connectivity index (χ2n) is 4.87. The summed E-state index contributed by atoms with van der Waals surface area (Å²) in [6.45, 7) is 2.23. The lowest BCUT2D eigenvalue weighted by molar-refractivity contribution is 0.157. The molecule has 0 spiro atoms. The van der Waals surface area contributed by atoms with Crippen molar-refractivity contribution < 1.29 is 23.4 Å². The second kappa shape index (κ2) is 5.33. The highest BCUT2D eigenvalue weighted by Gasteiger charge is 2.25. The zero-order valence-electron chi connectivity index (χ0n) is 11.4. The van der Waals surface area contributed by atoms with E-state index < -0.39 is 17.7 Å². The Morgan fingerprint density at radius 3 is 2.57 bits per heavy atom. The van der Waals surface area contributed by atoms with Crippen molar-refractivity contribution in [3.05, 3.63) is 58.7 Å². The van der Waals surface area contributed by atoms with Crippen LogP contribution in [0.4, 0.5) is 8.78 Å². The van der Waals surface area contributed by atoms with Crippen molar-refractivity contribution in [3.63, 3.8) is 0 Å². The molecule has 2 aromatic rings. The Balaban J connectivity index is 2.07. The fourth-order valence-corrected chi connectivity index (χ4v) is 2.35. The van der Waals surface area contributed by atoms with Crippen molar-refractivity contribution in [2.45, 2.75) is 13.0 Å². The summed E-state index contributed by atoms with van der Waals surface area (Å²) in [5.74, 6) is -1.13. The molecule has 0 bridgehead atoms. The summed E-state index contributed by atoms with van der Waals surface area (Å²) in [4.78, 5) is 0. The van der Waals surface area contributed by atoms with Crippen molar-refractivity contribution in [1.29, 1.82) is 0 Å². The molecule has 0 aromatic heterocycles. The number of hydrogen-bond donors (Lipinski definition) is 1. The van der Waals surface area contributed by atoms with Crippen molar-refractivity contribution in [3.8, 4) is 11.5 Å². The van der Waals surface area contributed by atoms with Gasteiger partial charge in [-0.2, -0.15) is 0 Å². The fourth-order valence-electron chi connectivity index (χ4n) is 2.35. The smallest absolute Gasteiger partial charge is 0.167 e. The van der Waals surface area contributed by atoms with Gasteiger partial charge in [-0.05, 0) is 18.6 Å². The number of aliphatic hydroxyl groups excluding tert-OH is 1. The van der Waals surface area contributed by atoms with Gasteiger partial charge in [0.1, 0.15) is 19.3 Å². The molecule has 1 unspecified atom stereocenters. The maximum Gasteiger partial charge on any atom is 0.167 e. The average molecular weight is 292 g/mol. The third kappa shape index (κ3) is 2.34. The van der Waals surface area contributed by atoms with Crippen molar-refractivity contribution >= 4 is 0 Å². The number of hydrogen-bond acceptors (Lipinski definition) is 3. The first-order valence-corrected chi connectivity index (χ1v) is 6.60. The van der Waals surface area contributed by atoms with E-state index in [0.717, 1.165) is 0 Å². The Labute approximate surface area is 120 Å². The van der Waals surface area contributed by atoms with Gasteiger partial charge in [0, 0.05) is 11.1 Å². The van der Waals surface area contributed by atoms with E-state index in [1.807, 2.05) is 0 Å². The molecule has 1 N–H and O–H groups in total. The molecule has 21 heavy (non-hydrogen) atoms. The predicted octanol–water partition coefficient (Wildman–Crippen LogP) is 3.13. The lowest BCUT2D eigenvalue weighted by Crippen LogP contribution is -2.18. The average Bonchev–Trinajstić information content (AvgIpc) is 2.51. The summed E-state index contributed by atoms with van der Waals surface area (Å²) >= 11 is 0. The van der Waals surface area contributed by atoms with Crippen LogP contribution >= 0.6 is 0 Å². The topological polar surface area (TPSA) is 38.7 Å². The predicted molar refractivity (Wildman–Crippen MR) is 72.6 cm³/mol. The molecule has 0 radical (unpaired) electrons. The molecular formula is C16H14F2O3. The molecule has 1 atom stereocenters. The summed E-state index contributed by atoms with van der Waals surface area (Å²) in [7, 11) is 0. The van der Waals surface area contributed by atoms with Crippen LogP contribution in [0.25, 0.3) is 0 Å². The zero-order valence-corrected chi connectivity index (χ0v) is 11.4. The van der Waals surface area contributed by atoms with Crippen molar-refractivity contribution in [2.24, 2.45) is 0 Å². The molecule has 0 saturated heterocycles. The molecule has 0 amide bonds. The van der Waals surface area contributed by atoms with E-state index in [4.69, 9.17) is 9.47 Å². The van der Waals surface area contributed by atoms with Crippen LogP contribution < -0.4 is 9.47 Å². The second-order valence-corrected chi connectivity index (χ2v) is 4.87. The molecule has 2 aromatic carbocycles. The molecule has 0 saturated carbocycles. The largest absolute Gasteiger partial charge is 0.486 e. The highest BCUT2D eigenvalue weighted by molar-refractivity contribution is 5.51. The molecular weight excluding hydrogens is 278 g/mol. The summed E-state index contributed by atoms with van der Waals surface area (Å²) < 4.78 is 38.6. The number of aryl methyl sites for hydroxylation is 1. The number of fused-ring (bicyclic) bond motifs is 1. The van der Waals surface area contributed by atoms with Crippen LogP contribution in [0.1, 0.15) is 22.8 Å². The number of para-hydroxylation sites is 1. The molecule has 110 valence electrons. The van der Waals surface area contributed by atoms with E-state index in [1.54, 1.807) is 18.2 Å². The standard InChI is InChI=1S/C16H14F2O3/c1-9-5-6-10(14(18)13(9)17)15(19)11-3-2-4-12-16(11)21-8-7-20-12/h2-6,15,19H,7-8H2,1H3. The molecule has 3 nitrogen and oxygen atoms in total. The highest BCUT2D eigenvalue weighted by atomic mass is 19.2. The van der Waals surface area contributed by atoms with Crippen LogP contribution in [0.5, 0.6) is 11.5 Å². The van der Waals surface area contributed by atoms with Crippen molar-refractivity contribution in [1.82, 2.24) is 0 Å². The van der Waals surface area contributed by atoms with E-state index in [-0.39, 0.29) is 11.1 Å². The van der Waals surface area contributed by atoms with Crippen molar-refractivity contribution in [2.75, 3.05) is 13.2 Å². The van der Waals surface area contributed by atoms with Gasteiger partial charge in [-0.15, -0.1) is 0 Å². The Morgan fingerprint density at radius 1 is 1.00 bits per heavy atom. The third-order valence-electron chi connectivity index (χ3n) is 3.49. The fraction of sp³-hybridized carbons (Fsp3) is 0.250. The molecule has 5 heteroatoms. The summed E-state index contributed by atoms with van der Waals surface area (Å²) in [5, 5.41) is 10.4. The first-order valence-electron chi connectivity index (χ1n) is 6.60. The SMILES string of the molecule is Cc1ccc(C(O)c2cccc3c2OCCO3)c(F)c1F. The summed E-state index contributed by atoms with van der Waals surface area (Å²) in [6.07, 6.45) is -1.32. The maximum absolute atomic E-state index is 14.0. The van der Waals surface area contributed by atoms with Gasteiger partial charge in [0.25, 0.3) is 0 Å². The number of rotatable bonds is 2. The Bertz CT molecular complexity index is 685. The number of halogens is 2. The van der Waals surface area contributed by atoms with E-state index in [9.17, 15) is 13.9 Å². The minimum atomic E-state index is -1.32. The number of ether oxygens (including phenoxy) is 2. The van der Waals surface area contributed by atoms with Crippen LogP contribution in [0, 0.1) is 18.6 Å². The minimum absolute atomic E-state index is 0.124. The number of benzene rings is 2. The van der Waals surface area contributed by atoms with Gasteiger partial charge in [0.15, 0.2) is 23.1 Å². The lowest BCUT2D eigenvalue weighted by Gasteiger charge is -2.23. The lowest BCUT2D eigenvalue weighted by atomic mass is 9.98. The van der Waals surface area contributed by atoms with Gasteiger partial charge < -0.3 is 14.6 Å². The van der Waals surface area contributed by atoms with Crippen LogP contribution in [0.3, 0.4) is 0 Å². The van der Waals surface area contributed by atoms with Gasteiger partial charge in [-0.3, -0.25) is 0 Å². The van der Waals surface area contributed by atoms with Crippen LogP contribution in [-0.4, -0.2) is 18.3 Å². The van der Waals surface area contributed by atoms with Crippen LogP contribution in [0.2, 0.25) is 0 Å². The summed E-state index contributed by atoms with van der Waals surface area (Å²) in [5.41, 5.74) is 0.424. The molecule has 3 rings (SSSR count). The van der Waals surface area contributed by atoms with E-state index in [2.05, 4.69) is 0 Å². The maximum atomic E-state index is 14.0. The first kappa shape index (κ1) is 13.8. The van der Waals surface area contributed by atoms with Gasteiger partial charge in [0.2, 0.25) is 0 Å². The van der Waals surface area contributed by atoms with Gasteiger partial charge in [-0.1, -0.05) is 24.3 Å². The monoisotopic (exact) mass is 292 g/mol. The third-order valence-corrected chi connectivity index (χ3v) is 3.49. The molecule has 1 aliphatic rings. The van der Waals surface area contributed by atoms with Gasteiger partial charge >= 0.3 is 0 Å². The van der Waals surface area contributed by atoms with E-state index in [0.29, 0.717) is 30.3 Å². The summed E-state index contributed by atoms with van der Waals surface area (Å²) in [6, 6.07) is 7.80. The first-order chi connectivity index (χ1) is 10.1. The van der Waals surface area contributed by atoms with Crippen LogP contribution in [0.15, 0.2) is 30.3 Å². The normalized spacial score (nSPS) is 14.9. The molecule has 1 heterocycles. The van der Waals surface area contributed by atoms with E-state index in [1.165, 1.54) is 19.1 Å². The quantitative estimate of drug-likeness (QED) is 0.924. The molecule has 0 fully saturated rings. The Kier molecular flexibility index (Phi) is 3.51. The van der Waals surface area contributed by atoms with E-state index >= 15 is 0 Å². The minimum Gasteiger partial charge on any atom is -0.486 e.